The highest BCUT2D eigenvalue weighted by molar-refractivity contribution is 6.53. The zero-order valence-electron chi connectivity index (χ0n) is 23.0. The van der Waals surface area contributed by atoms with Crippen LogP contribution in [0.4, 0.5) is 5.69 Å². The molecular formula is C31H28Cl2N2O7. The summed E-state index contributed by atoms with van der Waals surface area (Å²) < 4.78 is 10.5. The molecule has 0 unspecified atom stereocenters. The number of likely N-dealkylation sites (tertiary alicyclic amines) is 1. The van der Waals surface area contributed by atoms with Gasteiger partial charge in [0.1, 0.15) is 0 Å². The van der Waals surface area contributed by atoms with Gasteiger partial charge in [-0.1, -0.05) is 42.0 Å². The molecule has 3 fully saturated rings. The highest BCUT2D eigenvalue weighted by Gasteiger charge is 2.75. The minimum absolute atomic E-state index is 0.0766. The van der Waals surface area contributed by atoms with Crippen LogP contribution in [0.2, 0.25) is 0 Å². The number of carbonyl (C=O) groups excluding carboxylic acids is 4. The maximum Gasteiger partial charge on any atom is 0.253 e. The summed E-state index contributed by atoms with van der Waals surface area (Å²) in [6.07, 6.45) is 5.44. The number of para-hydroxylation sites is 1. The van der Waals surface area contributed by atoms with Gasteiger partial charge in [-0.05, 0) is 48.6 Å². The number of halogens is 2. The number of ether oxygens (including phenoxy) is 2. The average Bonchev–Trinajstić information content (AvgIpc) is 3.32. The number of nitrogens with zero attached hydrogens (tertiary/aromatic N) is 2. The van der Waals surface area contributed by atoms with Gasteiger partial charge in [0, 0.05) is 13.0 Å². The number of aromatic hydroxyl groups is 1. The van der Waals surface area contributed by atoms with Gasteiger partial charge in [0.15, 0.2) is 21.2 Å². The lowest BCUT2D eigenvalue weighted by Crippen LogP contribution is -2.60. The molecule has 6 rings (SSSR count). The van der Waals surface area contributed by atoms with E-state index in [4.69, 9.17) is 32.7 Å². The summed E-state index contributed by atoms with van der Waals surface area (Å²) in [6, 6.07) is 11.9. The second kappa shape index (κ2) is 9.88. The molecule has 218 valence electrons. The summed E-state index contributed by atoms with van der Waals surface area (Å²) in [5.74, 6) is -4.69. The fourth-order valence-corrected chi connectivity index (χ4v) is 8.02. The molecule has 1 saturated carbocycles. The molecule has 42 heavy (non-hydrogen) atoms. The van der Waals surface area contributed by atoms with E-state index in [1.807, 2.05) is 6.08 Å². The van der Waals surface area contributed by atoms with Crippen molar-refractivity contribution >= 4 is 58.6 Å². The molecule has 2 saturated heterocycles. The number of carbonyl (C=O) groups is 4. The molecule has 0 aromatic heterocycles. The number of phenols is 1. The third kappa shape index (κ3) is 3.69. The number of amides is 4. The normalized spacial score (nSPS) is 32.2. The van der Waals surface area contributed by atoms with Crippen LogP contribution in [0.25, 0.3) is 6.08 Å². The quantitative estimate of drug-likeness (QED) is 0.307. The van der Waals surface area contributed by atoms with E-state index >= 15 is 0 Å². The molecule has 2 aromatic carbocycles. The maximum absolute atomic E-state index is 13.9. The minimum atomic E-state index is -1.87. The largest absolute Gasteiger partial charge is 0.502 e. The Morgan fingerprint density at radius 2 is 1.60 bits per heavy atom. The summed E-state index contributed by atoms with van der Waals surface area (Å²) in [5.41, 5.74) is 1.72. The van der Waals surface area contributed by atoms with Crippen molar-refractivity contribution in [2.24, 2.45) is 23.7 Å². The molecule has 4 amide bonds. The first kappa shape index (κ1) is 28.3. The predicted octanol–water partition coefficient (Wildman–Crippen LogP) is 4.15. The van der Waals surface area contributed by atoms with Crippen molar-refractivity contribution in [2.75, 3.05) is 26.2 Å². The molecule has 2 aliphatic carbocycles. The first-order valence-electron chi connectivity index (χ1n) is 13.5. The zero-order valence-corrected chi connectivity index (χ0v) is 24.6. The maximum atomic E-state index is 13.9. The van der Waals surface area contributed by atoms with Crippen LogP contribution in [-0.4, -0.2) is 64.7 Å². The standard InChI is InChI=1S/C31H28Cl2N2O7/c1-34-28(39)30(32)15-20-18(10-11-19-24(20)27(38)35(26(19)37)17-7-5-4-6-8-17)21(31(30,33)29(34)40)12-9-16-13-22(41-2)25(36)23(14-16)42-3/h4-10,12-14,19-21,24,36H,11,15H2,1-3H3/t19-,20+,21-,24-,30+,31-/m0/s1. The van der Waals surface area contributed by atoms with E-state index in [0.717, 1.165) is 4.90 Å². The van der Waals surface area contributed by atoms with Crippen LogP contribution >= 0.6 is 23.2 Å². The van der Waals surface area contributed by atoms with Crippen molar-refractivity contribution in [3.63, 3.8) is 0 Å². The SMILES string of the molecule is COc1cc(C=C[C@H]2C3=CC[C@@H]4C(=O)N(c5ccccc5)C(=O)[C@@H]4[C@@H]3C[C@@]3(Cl)C(=O)N(C)C(=O)[C@@]23Cl)cc(OC)c1O. The van der Waals surface area contributed by atoms with E-state index in [1.54, 1.807) is 54.6 Å². The van der Waals surface area contributed by atoms with E-state index in [9.17, 15) is 24.3 Å². The third-order valence-corrected chi connectivity index (χ3v) is 10.5. The van der Waals surface area contributed by atoms with E-state index in [2.05, 4.69) is 0 Å². The smallest absolute Gasteiger partial charge is 0.253 e. The predicted molar refractivity (Wildman–Crippen MR) is 155 cm³/mol. The van der Waals surface area contributed by atoms with E-state index in [-0.39, 0.29) is 41.9 Å². The fourth-order valence-electron chi connectivity index (χ4n) is 7.04. The number of benzene rings is 2. The zero-order chi connectivity index (χ0) is 30.1. The molecule has 2 aromatic rings. The number of hydrogen-bond donors (Lipinski definition) is 1. The van der Waals surface area contributed by atoms with Crippen LogP contribution in [0.1, 0.15) is 18.4 Å². The Hall–Kier alpha value is -3.82. The molecule has 11 heteroatoms. The average molecular weight is 611 g/mol. The number of imide groups is 2. The Balaban J connectivity index is 1.47. The van der Waals surface area contributed by atoms with Crippen molar-refractivity contribution < 1.29 is 33.8 Å². The lowest BCUT2D eigenvalue weighted by molar-refractivity contribution is -0.138. The second-order valence-electron chi connectivity index (χ2n) is 11.0. The summed E-state index contributed by atoms with van der Waals surface area (Å²) in [7, 11) is 4.16. The number of phenolic OH excluding ortho intramolecular Hbond substituents is 1. The number of alkyl halides is 2. The Labute approximate surface area is 252 Å². The highest BCUT2D eigenvalue weighted by atomic mass is 35.5. The molecule has 9 nitrogen and oxygen atoms in total. The van der Waals surface area contributed by atoms with Gasteiger partial charge in [-0.25, -0.2) is 0 Å². The number of fused-ring (bicyclic) bond motifs is 4. The van der Waals surface area contributed by atoms with Gasteiger partial charge in [-0.15, -0.1) is 23.2 Å². The Kier molecular flexibility index (Phi) is 6.66. The first-order chi connectivity index (χ1) is 20.0. The number of hydrogen-bond acceptors (Lipinski definition) is 7. The van der Waals surface area contributed by atoms with Crippen molar-refractivity contribution in [3.8, 4) is 17.2 Å². The highest BCUT2D eigenvalue weighted by Crippen LogP contribution is 2.63. The van der Waals surface area contributed by atoms with Crippen molar-refractivity contribution in [3.05, 3.63) is 65.8 Å². The van der Waals surface area contributed by atoms with Gasteiger partial charge < -0.3 is 14.6 Å². The van der Waals surface area contributed by atoms with Crippen LogP contribution in [0.3, 0.4) is 0 Å². The molecular weight excluding hydrogens is 583 g/mol. The summed E-state index contributed by atoms with van der Waals surface area (Å²) in [6.45, 7) is 0. The van der Waals surface area contributed by atoms with Gasteiger partial charge in [-0.2, -0.15) is 0 Å². The van der Waals surface area contributed by atoms with Crippen LogP contribution in [0, 0.1) is 23.7 Å². The van der Waals surface area contributed by atoms with Gasteiger partial charge in [0.25, 0.3) is 11.8 Å². The summed E-state index contributed by atoms with van der Waals surface area (Å²) in [5, 5.41) is 10.3. The monoisotopic (exact) mass is 610 g/mol. The van der Waals surface area contributed by atoms with E-state index < -0.39 is 45.2 Å². The van der Waals surface area contributed by atoms with Gasteiger partial charge in [0.2, 0.25) is 17.6 Å². The Morgan fingerprint density at radius 1 is 0.952 bits per heavy atom. The lowest BCUT2D eigenvalue weighted by atomic mass is 9.57. The number of anilines is 1. The van der Waals surface area contributed by atoms with Crippen molar-refractivity contribution in [1.29, 1.82) is 0 Å². The van der Waals surface area contributed by atoms with Crippen LogP contribution in [0.15, 0.2) is 60.2 Å². The van der Waals surface area contributed by atoms with Crippen LogP contribution < -0.4 is 14.4 Å². The molecule has 1 N–H and O–H groups in total. The minimum Gasteiger partial charge on any atom is -0.502 e. The fraction of sp³-hybridized carbons (Fsp3) is 0.355. The molecule has 2 aliphatic heterocycles. The molecule has 6 atom stereocenters. The lowest BCUT2D eigenvalue weighted by Gasteiger charge is -2.49. The molecule has 2 heterocycles. The topological polar surface area (TPSA) is 113 Å². The first-order valence-corrected chi connectivity index (χ1v) is 14.2. The Bertz CT molecular complexity index is 1570. The van der Waals surface area contributed by atoms with E-state index in [0.29, 0.717) is 16.8 Å². The number of allylic oxidation sites excluding steroid dienone is 3. The van der Waals surface area contributed by atoms with Gasteiger partial charge >= 0.3 is 0 Å². The van der Waals surface area contributed by atoms with Gasteiger partial charge in [0.05, 0.1) is 31.7 Å². The second-order valence-corrected chi connectivity index (χ2v) is 12.3. The summed E-state index contributed by atoms with van der Waals surface area (Å²) >= 11 is 14.3. The van der Waals surface area contributed by atoms with Crippen molar-refractivity contribution in [2.45, 2.75) is 22.6 Å². The molecule has 4 aliphatic rings. The van der Waals surface area contributed by atoms with Crippen LogP contribution in [-0.2, 0) is 19.2 Å². The number of rotatable bonds is 5. The van der Waals surface area contributed by atoms with E-state index in [1.165, 1.54) is 26.2 Å². The Morgan fingerprint density at radius 3 is 2.21 bits per heavy atom. The third-order valence-electron chi connectivity index (χ3n) is 9.07. The molecule has 0 spiro atoms. The van der Waals surface area contributed by atoms with Gasteiger partial charge in [-0.3, -0.25) is 29.0 Å². The molecule has 0 radical (unpaired) electrons. The van der Waals surface area contributed by atoms with Crippen LogP contribution in [0.5, 0.6) is 17.2 Å². The summed E-state index contributed by atoms with van der Waals surface area (Å²) in [4.78, 5) is 53.0. The molecule has 0 bridgehead atoms. The number of methoxy groups -OCH3 is 2. The van der Waals surface area contributed by atoms with Crippen molar-refractivity contribution in [1.82, 2.24) is 4.90 Å².